The zero-order valence-electron chi connectivity index (χ0n) is 10.9. The van der Waals surface area contributed by atoms with E-state index in [1.165, 1.54) is 13.2 Å². The highest BCUT2D eigenvalue weighted by molar-refractivity contribution is 5.86. The molecule has 100 valence electrons. The molecule has 0 aliphatic carbocycles. The third-order valence-corrected chi connectivity index (χ3v) is 1.85. The van der Waals surface area contributed by atoms with Gasteiger partial charge in [0.2, 0.25) is 5.76 Å². The zero-order valence-corrected chi connectivity index (χ0v) is 10.9. The fourth-order valence-corrected chi connectivity index (χ4v) is 1.16. The second kappa shape index (κ2) is 5.57. The van der Waals surface area contributed by atoms with Crippen LogP contribution in [0, 0.1) is 0 Å². The van der Waals surface area contributed by atoms with Crippen molar-refractivity contribution in [2.24, 2.45) is 0 Å². The molecule has 6 nitrogen and oxygen atoms in total. The minimum absolute atomic E-state index is 0.0958. The average Bonchev–Trinajstić information content (AvgIpc) is 2.71. The molecular weight excluding hydrogens is 238 g/mol. The minimum atomic E-state index is -0.557. The van der Waals surface area contributed by atoms with Gasteiger partial charge in [-0.2, -0.15) is 0 Å². The molecule has 0 aliphatic heterocycles. The Morgan fingerprint density at radius 2 is 2.00 bits per heavy atom. The maximum absolute atomic E-state index is 11.4. The molecule has 1 rings (SSSR count). The Morgan fingerprint density at radius 3 is 2.56 bits per heavy atom. The van der Waals surface area contributed by atoms with E-state index in [2.05, 4.69) is 10.1 Å². The van der Waals surface area contributed by atoms with Gasteiger partial charge < -0.3 is 19.2 Å². The number of amides is 1. The topological polar surface area (TPSA) is 77.8 Å². The Bertz CT molecular complexity index is 430. The molecule has 6 heteroatoms. The molecule has 0 aromatic carbocycles. The predicted molar refractivity (Wildman–Crippen MR) is 63.1 cm³/mol. The van der Waals surface area contributed by atoms with E-state index in [1.807, 2.05) is 0 Å². The number of carbonyl (C=O) groups excluding carboxylic acids is 2. The molecular formula is C12H17NO5. The first-order valence-electron chi connectivity index (χ1n) is 5.45. The highest BCUT2D eigenvalue weighted by atomic mass is 16.6. The predicted octanol–water partition coefficient (Wildman–Crippen LogP) is 2.09. The fraction of sp³-hybridized carbons (Fsp3) is 0.500. The summed E-state index contributed by atoms with van der Waals surface area (Å²) < 4.78 is 14.7. The van der Waals surface area contributed by atoms with E-state index in [0.29, 0.717) is 5.76 Å². The SMILES string of the molecule is COC(=O)c1ccc(CNC(=O)OC(C)(C)C)o1. The molecule has 1 N–H and O–H groups in total. The number of esters is 1. The third kappa shape index (κ3) is 4.48. The average molecular weight is 255 g/mol. The van der Waals surface area contributed by atoms with Crippen LogP contribution >= 0.6 is 0 Å². The van der Waals surface area contributed by atoms with Crippen LogP contribution in [-0.2, 0) is 16.0 Å². The number of methoxy groups -OCH3 is 1. The number of hydrogen-bond acceptors (Lipinski definition) is 5. The van der Waals surface area contributed by atoms with E-state index in [9.17, 15) is 9.59 Å². The van der Waals surface area contributed by atoms with Crippen molar-refractivity contribution in [1.29, 1.82) is 0 Å². The Labute approximate surface area is 105 Å². The number of carbonyl (C=O) groups is 2. The summed E-state index contributed by atoms with van der Waals surface area (Å²) in [6.45, 7) is 5.46. The zero-order chi connectivity index (χ0) is 13.8. The van der Waals surface area contributed by atoms with Gasteiger partial charge in [0, 0.05) is 0 Å². The first-order valence-corrected chi connectivity index (χ1v) is 5.45. The number of ether oxygens (including phenoxy) is 2. The Hall–Kier alpha value is -1.98. The van der Waals surface area contributed by atoms with Gasteiger partial charge in [-0.05, 0) is 32.9 Å². The molecule has 0 radical (unpaired) electrons. The number of furan rings is 1. The molecule has 0 saturated carbocycles. The van der Waals surface area contributed by atoms with Crippen LogP contribution in [0.4, 0.5) is 4.79 Å². The smallest absolute Gasteiger partial charge is 0.408 e. The van der Waals surface area contributed by atoms with Gasteiger partial charge in [-0.25, -0.2) is 9.59 Å². The van der Waals surface area contributed by atoms with Gasteiger partial charge in [-0.1, -0.05) is 0 Å². The Balaban J connectivity index is 2.47. The Morgan fingerprint density at radius 1 is 1.33 bits per heavy atom. The molecule has 0 spiro atoms. The summed E-state index contributed by atoms with van der Waals surface area (Å²) in [5.74, 6) is -0.0155. The molecule has 1 amide bonds. The highest BCUT2D eigenvalue weighted by Gasteiger charge is 2.16. The van der Waals surface area contributed by atoms with E-state index in [0.717, 1.165) is 0 Å². The lowest BCUT2D eigenvalue weighted by Gasteiger charge is -2.19. The summed E-state index contributed by atoms with van der Waals surface area (Å²) in [4.78, 5) is 22.5. The van der Waals surface area contributed by atoms with E-state index in [1.54, 1.807) is 26.8 Å². The van der Waals surface area contributed by atoms with Crippen molar-refractivity contribution in [3.05, 3.63) is 23.7 Å². The van der Waals surface area contributed by atoms with Gasteiger partial charge >= 0.3 is 12.1 Å². The van der Waals surface area contributed by atoms with E-state index in [4.69, 9.17) is 9.15 Å². The van der Waals surface area contributed by atoms with Crippen molar-refractivity contribution in [1.82, 2.24) is 5.32 Å². The quantitative estimate of drug-likeness (QED) is 0.837. The van der Waals surface area contributed by atoms with Crippen LogP contribution in [0.15, 0.2) is 16.5 Å². The van der Waals surface area contributed by atoms with Crippen LogP contribution in [0.3, 0.4) is 0 Å². The van der Waals surface area contributed by atoms with Crippen LogP contribution in [0.25, 0.3) is 0 Å². The minimum Gasteiger partial charge on any atom is -0.463 e. The number of nitrogens with one attached hydrogen (secondary N) is 1. The normalized spacial score (nSPS) is 10.9. The molecule has 18 heavy (non-hydrogen) atoms. The summed E-state index contributed by atoms with van der Waals surface area (Å²) in [5.41, 5.74) is -0.551. The van der Waals surface area contributed by atoms with Crippen LogP contribution in [0.2, 0.25) is 0 Å². The Kier molecular flexibility index (Phi) is 4.36. The van der Waals surface area contributed by atoms with Gasteiger partial charge in [-0.15, -0.1) is 0 Å². The summed E-state index contributed by atoms with van der Waals surface area (Å²) in [5, 5.41) is 2.52. The number of hydrogen-bond donors (Lipinski definition) is 1. The molecule has 0 saturated heterocycles. The molecule has 0 fully saturated rings. The van der Waals surface area contributed by atoms with Crippen molar-refractivity contribution >= 4 is 12.1 Å². The lowest BCUT2D eigenvalue weighted by Crippen LogP contribution is -2.32. The van der Waals surface area contributed by atoms with Gasteiger partial charge in [0.1, 0.15) is 11.4 Å². The molecule has 0 bridgehead atoms. The van der Waals surface area contributed by atoms with Gasteiger partial charge in [0.25, 0.3) is 0 Å². The van der Waals surface area contributed by atoms with Crippen molar-refractivity contribution in [2.75, 3.05) is 7.11 Å². The molecule has 1 aromatic heterocycles. The summed E-state index contributed by atoms with van der Waals surface area (Å²) in [6.07, 6.45) is -0.543. The van der Waals surface area contributed by atoms with Crippen molar-refractivity contribution in [2.45, 2.75) is 32.9 Å². The van der Waals surface area contributed by atoms with E-state index >= 15 is 0 Å². The maximum atomic E-state index is 11.4. The van der Waals surface area contributed by atoms with E-state index < -0.39 is 17.7 Å². The van der Waals surface area contributed by atoms with Crippen molar-refractivity contribution in [3.8, 4) is 0 Å². The highest BCUT2D eigenvalue weighted by Crippen LogP contribution is 2.10. The van der Waals surface area contributed by atoms with Crippen LogP contribution < -0.4 is 5.32 Å². The van der Waals surface area contributed by atoms with Gasteiger partial charge in [0.15, 0.2) is 0 Å². The summed E-state index contributed by atoms with van der Waals surface area (Å²) >= 11 is 0. The summed E-state index contributed by atoms with van der Waals surface area (Å²) in [6, 6.07) is 3.07. The van der Waals surface area contributed by atoms with Crippen LogP contribution in [-0.4, -0.2) is 24.8 Å². The van der Waals surface area contributed by atoms with Crippen LogP contribution in [0.1, 0.15) is 37.1 Å². The van der Waals surface area contributed by atoms with Crippen LogP contribution in [0.5, 0.6) is 0 Å². The summed E-state index contributed by atoms with van der Waals surface area (Å²) in [7, 11) is 1.27. The molecule has 1 heterocycles. The largest absolute Gasteiger partial charge is 0.463 e. The fourth-order valence-electron chi connectivity index (χ4n) is 1.16. The van der Waals surface area contributed by atoms with Gasteiger partial charge in [0.05, 0.1) is 13.7 Å². The maximum Gasteiger partial charge on any atom is 0.408 e. The lowest BCUT2D eigenvalue weighted by molar-refractivity contribution is 0.0519. The third-order valence-electron chi connectivity index (χ3n) is 1.85. The molecule has 0 atom stereocenters. The molecule has 0 unspecified atom stereocenters. The molecule has 0 aliphatic rings. The monoisotopic (exact) mass is 255 g/mol. The van der Waals surface area contributed by atoms with E-state index in [-0.39, 0.29) is 12.3 Å². The first-order chi connectivity index (χ1) is 8.31. The standard InChI is InChI=1S/C12H17NO5/c1-12(2,3)18-11(15)13-7-8-5-6-9(17-8)10(14)16-4/h5-6H,7H2,1-4H3,(H,13,15). The second-order valence-electron chi connectivity index (χ2n) is 4.61. The lowest BCUT2D eigenvalue weighted by atomic mass is 10.2. The van der Waals surface area contributed by atoms with Crippen molar-refractivity contribution < 1.29 is 23.5 Å². The second-order valence-corrected chi connectivity index (χ2v) is 4.61. The molecule has 1 aromatic rings. The van der Waals surface area contributed by atoms with Gasteiger partial charge in [-0.3, -0.25) is 0 Å². The first kappa shape index (κ1) is 14.1. The number of alkyl carbamates (subject to hydrolysis) is 1. The number of rotatable bonds is 3. The van der Waals surface area contributed by atoms with Crippen molar-refractivity contribution in [3.63, 3.8) is 0 Å².